The lowest BCUT2D eigenvalue weighted by Crippen LogP contribution is -2.43. The Bertz CT molecular complexity index is 1010. The van der Waals surface area contributed by atoms with E-state index in [1.54, 1.807) is 0 Å². The zero-order valence-electron chi connectivity index (χ0n) is 35.7. The third kappa shape index (κ3) is 39.1. The predicted octanol–water partition coefficient (Wildman–Crippen LogP) is 11.7. The number of carbonyl (C=O) groups excluding carboxylic acids is 2. The number of phosphoric ester groups is 1. The zero-order chi connectivity index (χ0) is 41.4. The molecule has 3 atom stereocenters. The van der Waals surface area contributed by atoms with Crippen LogP contribution in [-0.4, -0.2) is 64.9 Å². The molecule has 0 heterocycles. The van der Waals surface area contributed by atoms with E-state index in [2.05, 4.69) is 31.3 Å². The first-order valence-electron chi connectivity index (χ1n) is 22.7. The molecule has 0 aromatic rings. The molecule has 0 aliphatic carbocycles. The summed E-state index contributed by atoms with van der Waals surface area (Å²) in [5.74, 6) is -2.36. The van der Waals surface area contributed by atoms with Gasteiger partial charge in [0.1, 0.15) is 12.7 Å². The molecule has 0 saturated carbocycles. The Morgan fingerprint density at radius 2 is 0.929 bits per heavy atom. The molecular formula is C44H84NO10P. The van der Waals surface area contributed by atoms with Crippen LogP contribution < -0.4 is 5.32 Å². The molecule has 11 nitrogen and oxygen atoms in total. The van der Waals surface area contributed by atoms with Gasteiger partial charge in [0.05, 0.1) is 13.2 Å². The summed E-state index contributed by atoms with van der Waals surface area (Å²) in [5, 5.41) is 21.8. The van der Waals surface area contributed by atoms with Crippen molar-refractivity contribution in [3.63, 3.8) is 0 Å². The second-order valence-electron chi connectivity index (χ2n) is 15.6. The largest absolute Gasteiger partial charge is 0.480 e. The number of aliphatic carboxylic acids is 1. The summed E-state index contributed by atoms with van der Waals surface area (Å²) in [6, 6.07) is -1.54. The second kappa shape index (κ2) is 40.0. The Balaban J connectivity index is 3.86. The van der Waals surface area contributed by atoms with Crippen LogP contribution in [0, 0.1) is 0 Å². The molecule has 0 spiro atoms. The monoisotopic (exact) mass is 818 g/mol. The van der Waals surface area contributed by atoms with Gasteiger partial charge in [0.25, 0.3) is 0 Å². The summed E-state index contributed by atoms with van der Waals surface area (Å²) >= 11 is 0. The first-order chi connectivity index (χ1) is 27.1. The summed E-state index contributed by atoms with van der Waals surface area (Å²) < 4.78 is 26.8. The van der Waals surface area contributed by atoms with E-state index >= 15 is 0 Å². The molecule has 0 aromatic heterocycles. The van der Waals surface area contributed by atoms with Crippen molar-refractivity contribution in [3.05, 3.63) is 12.2 Å². The molecule has 0 bridgehead atoms. The van der Waals surface area contributed by atoms with E-state index in [9.17, 15) is 34.1 Å². The number of esters is 1. The van der Waals surface area contributed by atoms with Gasteiger partial charge in [-0.1, -0.05) is 180 Å². The van der Waals surface area contributed by atoms with E-state index in [0.717, 1.165) is 44.9 Å². The van der Waals surface area contributed by atoms with Gasteiger partial charge >= 0.3 is 19.8 Å². The lowest BCUT2D eigenvalue weighted by atomic mass is 10.0. The number of amides is 1. The molecule has 12 heteroatoms. The number of nitrogens with one attached hydrogen (secondary N) is 1. The molecule has 1 amide bonds. The lowest BCUT2D eigenvalue weighted by Gasteiger charge is -2.18. The summed E-state index contributed by atoms with van der Waals surface area (Å²) in [5.41, 5.74) is 0. The molecule has 0 fully saturated rings. The number of hydrogen-bond acceptors (Lipinski definition) is 8. The van der Waals surface area contributed by atoms with Crippen molar-refractivity contribution in [2.75, 3.05) is 19.8 Å². The summed E-state index contributed by atoms with van der Waals surface area (Å²) in [6.45, 7) is 2.61. The van der Waals surface area contributed by atoms with Crippen molar-refractivity contribution in [1.82, 2.24) is 5.32 Å². The summed E-state index contributed by atoms with van der Waals surface area (Å²) in [7, 11) is -4.75. The van der Waals surface area contributed by atoms with Gasteiger partial charge in [-0.25, -0.2) is 9.36 Å². The molecule has 0 radical (unpaired) electrons. The van der Waals surface area contributed by atoms with Gasteiger partial charge < -0.3 is 25.2 Å². The van der Waals surface area contributed by atoms with Gasteiger partial charge in [-0.2, -0.15) is 0 Å². The smallest absolute Gasteiger partial charge is 0.472 e. The van der Waals surface area contributed by atoms with Crippen molar-refractivity contribution in [2.45, 2.75) is 231 Å². The number of ether oxygens (including phenoxy) is 1. The standard InChI is InChI=1S/C44H84NO10P/c1-3-5-7-9-11-13-15-17-19-20-21-22-24-26-28-30-32-34-36-43(48)53-37-40(46)38-54-56(51,52)55-39-41(44(49)50)45-42(47)35-33-31-29-27-25-23-18-16-14-12-10-8-6-4-2/h19-20,40-41,46H,3-18,21-39H2,1-2H3,(H,45,47)(H,49,50)(H,51,52)/b20-19-. The third-order valence-electron chi connectivity index (χ3n) is 10.1. The van der Waals surface area contributed by atoms with Crippen molar-refractivity contribution in [2.24, 2.45) is 0 Å². The van der Waals surface area contributed by atoms with Crippen LogP contribution in [0.5, 0.6) is 0 Å². The molecule has 3 unspecified atom stereocenters. The number of aliphatic hydroxyl groups excluding tert-OH is 1. The van der Waals surface area contributed by atoms with Gasteiger partial charge in [0, 0.05) is 12.8 Å². The molecule has 0 aromatic carbocycles. The van der Waals surface area contributed by atoms with Crippen LogP contribution in [0.1, 0.15) is 219 Å². The van der Waals surface area contributed by atoms with Crippen LogP contribution in [0.4, 0.5) is 0 Å². The van der Waals surface area contributed by atoms with Gasteiger partial charge in [-0.3, -0.25) is 18.6 Å². The maximum atomic E-state index is 12.3. The molecule has 0 aliphatic heterocycles. The fourth-order valence-electron chi connectivity index (χ4n) is 6.49. The second-order valence-corrected chi connectivity index (χ2v) is 17.0. The van der Waals surface area contributed by atoms with E-state index in [0.29, 0.717) is 12.8 Å². The number of aliphatic hydroxyl groups is 1. The molecule has 4 N–H and O–H groups in total. The van der Waals surface area contributed by atoms with Gasteiger partial charge in [0.15, 0.2) is 6.04 Å². The maximum absolute atomic E-state index is 12.3. The number of allylic oxidation sites excluding steroid dienone is 2. The van der Waals surface area contributed by atoms with Crippen LogP contribution in [0.25, 0.3) is 0 Å². The molecule has 56 heavy (non-hydrogen) atoms. The number of carbonyl (C=O) groups is 3. The number of rotatable bonds is 43. The predicted molar refractivity (Wildman–Crippen MR) is 226 cm³/mol. The van der Waals surface area contributed by atoms with E-state index in [1.165, 1.54) is 135 Å². The molecule has 0 rings (SSSR count). The Kier molecular flexibility index (Phi) is 38.7. The van der Waals surface area contributed by atoms with E-state index in [4.69, 9.17) is 13.8 Å². The van der Waals surface area contributed by atoms with Crippen molar-refractivity contribution < 1.29 is 47.8 Å². The van der Waals surface area contributed by atoms with Gasteiger partial charge in [0.2, 0.25) is 5.91 Å². The van der Waals surface area contributed by atoms with E-state index in [1.807, 2.05) is 0 Å². The first-order valence-corrected chi connectivity index (χ1v) is 24.2. The minimum absolute atomic E-state index is 0.151. The topological polar surface area (TPSA) is 169 Å². The fourth-order valence-corrected chi connectivity index (χ4v) is 7.26. The van der Waals surface area contributed by atoms with Crippen molar-refractivity contribution in [1.29, 1.82) is 0 Å². The Labute approximate surface area is 341 Å². The highest BCUT2D eigenvalue weighted by Crippen LogP contribution is 2.43. The molecular weight excluding hydrogens is 733 g/mol. The number of carboxylic acid groups (broad SMARTS) is 1. The summed E-state index contributed by atoms with van der Waals surface area (Å²) in [4.78, 5) is 45.9. The normalized spacial score (nSPS) is 13.8. The number of unbranched alkanes of at least 4 members (excludes halogenated alkanes) is 27. The minimum atomic E-state index is -4.75. The Hall–Kier alpha value is -1.78. The fraction of sp³-hybridized carbons (Fsp3) is 0.886. The van der Waals surface area contributed by atoms with Crippen LogP contribution >= 0.6 is 7.82 Å². The SMILES string of the molecule is CCCCCCCCC/C=C\CCCCCCCCCC(=O)OCC(O)COP(=O)(O)OCC(NC(=O)CCCCCCCCCCCCCCCC)C(=O)O. The Morgan fingerprint density at radius 1 is 0.554 bits per heavy atom. The van der Waals surface area contributed by atoms with Crippen molar-refractivity contribution >= 4 is 25.7 Å². The highest BCUT2D eigenvalue weighted by atomic mass is 31.2. The highest BCUT2D eigenvalue weighted by Gasteiger charge is 2.28. The molecule has 330 valence electrons. The highest BCUT2D eigenvalue weighted by molar-refractivity contribution is 7.47. The van der Waals surface area contributed by atoms with Gasteiger partial charge in [-0.15, -0.1) is 0 Å². The van der Waals surface area contributed by atoms with Gasteiger partial charge in [-0.05, 0) is 38.5 Å². The quantitative estimate of drug-likeness (QED) is 0.0201. The number of hydrogen-bond donors (Lipinski definition) is 4. The third-order valence-corrected chi connectivity index (χ3v) is 11.0. The van der Waals surface area contributed by atoms with Crippen molar-refractivity contribution in [3.8, 4) is 0 Å². The van der Waals surface area contributed by atoms with E-state index < -0.39 is 57.6 Å². The maximum Gasteiger partial charge on any atom is 0.472 e. The van der Waals surface area contributed by atoms with Crippen LogP contribution in [0.15, 0.2) is 12.2 Å². The van der Waals surface area contributed by atoms with Crippen LogP contribution in [-0.2, 0) is 32.7 Å². The average molecular weight is 818 g/mol. The average Bonchev–Trinajstić information content (AvgIpc) is 3.17. The molecule has 0 saturated heterocycles. The first kappa shape index (κ1) is 54.2. The lowest BCUT2D eigenvalue weighted by molar-refractivity contribution is -0.147. The zero-order valence-corrected chi connectivity index (χ0v) is 36.6. The number of carboxylic acids is 1. The Morgan fingerprint density at radius 3 is 1.36 bits per heavy atom. The van der Waals surface area contributed by atoms with Crippen LogP contribution in [0.3, 0.4) is 0 Å². The summed E-state index contributed by atoms with van der Waals surface area (Å²) in [6.07, 6.45) is 39.4. The van der Waals surface area contributed by atoms with E-state index in [-0.39, 0.29) is 12.8 Å². The minimum Gasteiger partial charge on any atom is -0.480 e. The molecule has 0 aliphatic rings. The number of phosphoric acid groups is 1. The van der Waals surface area contributed by atoms with Crippen LogP contribution in [0.2, 0.25) is 0 Å².